The molecule has 1 aromatic carbocycles. The van der Waals surface area contributed by atoms with Crippen LogP contribution in [0.25, 0.3) is 0 Å². The molecule has 0 bridgehead atoms. The summed E-state index contributed by atoms with van der Waals surface area (Å²) in [5.41, 5.74) is 1.54. The quantitative estimate of drug-likeness (QED) is 0.186. The molecule has 0 heterocycles. The number of carbonyl (C=O) groups is 2. The first-order valence-electron chi connectivity index (χ1n) is 6.82. The minimum atomic E-state index is -0.420. The lowest BCUT2D eigenvalue weighted by molar-refractivity contribution is -0.830. The number of methoxy groups -OCH3 is 1. The van der Waals surface area contributed by atoms with Crippen molar-refractivity contribution in [3.63, 3.8) is 0 Å². The minimum Gasteiger partial charge on any atom is -0.500 e. The molecule has 2 amide bonds. The molecule has 0 atom stereocenters. The van der Waals surface area contributed by atoms with Crippen LogP contribution in [0.15, 0.2) is 6.07 Å². The minimum absolute atomic E-state index is 0.134. The van der Waals surface area contributed by atoms with Gasteiger partial charge in [-0.1, -0.05) is 18.5 Å². The third kappa shape index (κ3) is 6.31. The van der Waals surface area contributed by atoms with Crippen LogP contribution < -0.4 is 20.9 Å². The van der Waals surface area contributed by atoms with E-state index in [9.17, 15) is 14.7 Å². The van der Waals surface area contributed by atoms with E-state index in [4.69, 9.17) is 21.2 Å². The highest BCUT2D eigenvalue weighted by molar-refractivity contribution is 6.34. The normalized spacial score (nSPS) is 9.43. The van der Waals surface area contributed by atoms with Crippen LogP contribution in [0.1, 0.15) is 23.7 Å². The predicted octanol–water partition coefficient (Wildman–Crippen LogP) is 0.312. The maximum Gasteiger partial charge on any atom is 0.258 e. The highest BCUT2D eigenvalue weighted by Gasteiger charge is 2.25. The Morgan fingerprint density at radius 2 is 2.13 bits per heavy atom. The van der Waals surface area contributed by atoms with E-state index < -0.39 is 5.91 Å². The van der Waals surface area contributed by atoms with Crippen LogP contribution in [0.5, 0.6) is 11.5 Å². The van der Waals surface area contributed by atoms with Crippen molar-refractivity contribution in [1.29, 1.82) is 0 Å². The SMILES string of the molecule is CCCNC=O.CNC(=O)c1c(Cl)cc(OC)c(O)c1[NH2+]OC. The number of nitrogens with one attached hydrogen (secondary N) is 2. The van der Waals surface area contributed by atoms with Gasteiger partial charge >= 0.3 is 0 Å². The van der Waals surface area contributed by atoms with Gasteiger partial charge in [-0.3, -0.25) is 9.59 Å². The Hall–Kier alpha value is -2.03. The van der Waals surface area contributed by atoms with Crippen molar-refractivity contribution in [1.82, 2.24) is 10.6 Å². The molecule has 1 rings (SSSR count). The molecule has 5 N–H and O–H groups in total. The Balaban J connectivity index is 0.000000688. The number of phenolic OH excluding ortho intramolecular Hbond substituents is 1. The van der Waals surface area contributed by atoms with Gasteiger partial charge in [-0.05, 0) is 6.42 Å². The summed E-state index contributed by atoms with van der Waals surface area (Å²) in [4.78, 5) is 25.9. The fourth-order valence-corrected chi connectivity index (χ4v) is 1.87. The van der Waals surface area contributed by atoms with Crippen LogP contribution in [0.2, 0.25) is 5.02 Å². The molecule has 0 aromatic heterocycles. The van der Waals surface area contributed by atoms with Crippen LogP contribution in [0.4, 0.5) is 5.69 Å². The standard InChI is InChI=1S/C10H13ClN2O4.C4H9NO/c1-12-10(15)7-5(11)4-6(16-2)9(14)8(7)13-17-3;1-2-3-5-4-6/h4,13-14H,1-3H3,(H,12,15);4H,2-3H2,1H3,(H,5,6)/p+1. The Bertz CT molecular complexity index is 526. The zero-order valence-corrected chi connectivity index (χ0v) is 14.4. The molecule has 8 nitrogen and oxygen atoms in total. The number of hydrogen-bond donors (Lipinski definition) is 4. The van der Waals surface area contributed by atoms with Crippen LogP contribution in [0, 0.1) is 0 Å². The summed E-state index contributed by atoms with van der Waals surface area (Å²) in [7, 11) is 4.26. The smallest absolute Gasteiger partial charge is 0.258 e. The lowest BCUT2D eigenvalue weighted by Gasteiger charge is -2.11. The van der Waals surface area contributed by atoms with Crippen molar-refractivity contribution in [2.45, 2.75) is 13.3 Å². The zero-order chi connectivity index (χ0) is 17.8. The Labute approximate surface area is 140 Å². The van der Waals surface area contributed by atoms with E-state index in [2.05, 4.69) is 10.6 Å². The third-order valence-corrected chi connectivity index (χ3v) is 2.94. The number of phenols is 1. The number of halogens is 1. The van der Waals surface area contributed by atoms with Crippen LogP contribution in [-0.4, -0.2) is 45.2 Å². The number of rotatable bonds is 7. The van der Waals surface area contributed by atoms with Gasteiger partial charge in [-0.15, -0.1) is 0 Å². The van der Waals surface area contributed by atoms with Gasteiger partial charge in [0.05, 0.1) is 19.2 Å². The number of carbonyl (C=O) groups excluding carboxylic acids is 2. The molecule has 0 radical (unpaired) electrons. The first-order chi connectivity index (χ1) is 11.0. The maximum absolute atomic E-state index is 11.7. The number of quaternary nitrogens is 1. The lowest BCUT2D eigenvalue weighted by atomic mass is 10.1. The molecule has 0 aliphatic heterocycles. The predicted molar refractivity (Wildman–Crippen MR) is 86.0 cm³/mol. The Morgan fingerprint density at radius 1 is 1.48 bits per heavy atom. The number of hydrogen-bond acceptors (Lipinski definition) is 5. The Morgan fingerprint density at radius 3 is 2.52 bits per heavy atom. The number of ether oxygens (including phenoxy) is 1. The van der Waals surface area contributed by atoms with E-state index in [0.717, 1.165) is 13.0 Å². The molecule has 0 aliphatic rings. The monoisotopic (exact) mass is 348 g/mol. The van der Waals surface area contributed by atoms with E-state index in [-0.39, 0.29) is 27.8 Å². The van der Waals surface area contributed by atoms with E-state index in [1.165, 1.54) is 32.8 Å². The highest BCUT2D eigenvalue weighted by Crippen LogP contribution is 2.38. The second kappa shape index (κ2) is 11.5. The molecular formula is C14H23ClN3O5+. The molecule has 0 saturated carbocycles. The Kier molecular flexibility index (Phi) is 10.5. The summed E-state index contributed by atoms with van der Waals surface area (Å²) >= 11 is 5.97. The van der Waals surface area contributed by atoms with Gasteiger partial charge in [0.2, 0.25) is 17.8 Å². The average molecular weight is 349 g/mol. The van der Waals surface area contributed by atoms with E-state index in [0.29, 0.717) is 6.41 Å². The number of amides is 2. The number of nitrogens with two attached hydrogens (primary N) is 1. The number of aromatic hydroxyl groups is 1. The van der Waals surface area contributed by atoms with Gasteiger partial charge < -0.3 is 20.5 Å². The molecule has 0 unspecified atom stereocenters. The number of benzene rings is 1. The zero-order valence-electron chi connectivity index (χ0n) is 13.6. The first-order valence-corrected chi connectivity index (χ1v) is 7.20. The van der Waals surface area contributed by atoms with Crippen LogP contribution in [-0.2, 0) is 9.63 Å². The molecule has 0 spiro atoms. The van der Waals surface area contributed by atoms with Crippen molar-refractivity contribution in [2.24, 2.45) is 0 Å². The fourth-order valence-electron chi connectivity index (χ4n) is 1.58. The molecule has 0 fully saturated rings. The molecule has 23 heavy (non-hydrogen) atoms. The average Bonchev–Trinajstić information content (AvgIpc) is 2.56. The largest absolute Gasteiger partial charge is 0.500 e. The molecule has 1 aromatic rings. The van der Waals surface area contributed by atoms with Crippen molar-refractivity contribution in [2.75, 3.05) is 27.8 Å². The summed E-state index contributed by atoms with van der Waals surface area (Å²) in [5.74, 6) is -0.445. The summed E-state index contributed by atoms with van der Waals surface area (Å²) in [5, 5.41) is 15.0. The summed E-state index contributed by atoms with van der Waals surface area (Å²) in [6, 6.07) is 1.37. The van der Waals surface area contributed by atoms with E-state index in [1.807, 2.05) is 6.92 Å². The summed E-state index contributed by atoms with van der Waals surface area (Å²) in [6.45, 7) is 2.81. The van der Waals surface area contributed by atoms with Crippen molar-refractivity contribution >= 4 is 29.6 Å². The van der Waals surface area contributed by atoms with Crippen LogP contribution in [0.3, 0.4) is 0 Å². The van der Waals surface area contributed by atoms with Gasteiger partial charge in [-0.25, -0.2) is 4.84 Å². The molecular weight excluding hydrogens is 326 g/mol. The van der Waals surface area contributed by atoms with E-state index in [1.54, 1.807) is 0 Å². The van der Waals surface area contributed by atoms with Crippen molar-refractivity contribution < 1.29 is 29.8 Å². The molecule has 0 saturated heterocycles. The maximum atomic E-state index is 11.7. The second-order valence-corrected chi connectivity index (χ2v) is 4.61. The molecule has 0 aliphatic carbocycles. The highest BCUT2D eigenvalue weighted by atomic mass is 35.5. The molecule has 9 heteroatoms. The van der Waals surface area contributed by atoms with Gasteiger partial charge in [0.1, 0.15) is 5.56 Å². The molecule has 130 valence electrons. The summed E-state index contributed by atoms with van der Waals surface area (Å²) < 4.78 is 4.94. The van der Waals surface area contributed by atoms with Gasteiger partial charge in [-0.2, -0.15) is 5.48 Å². The topological polar surface area (TPSA) is 114 Å². The van der Waals surface area contributed by atoms with Gasteiger partial charge in [0.15, 0.2) is 5.75 Å². The van der Waals surface area contributed by atoms with Gasteiger partial charge in [0, 0.05) is 19.7 Å². The van der Waals surface area contributed by atoms with Crippen molar-refractivity contribution in [3.05, 3.63) is 16.7 Å². The second-order valence-electron chi connectivity index (χ2n) is 4.20. The van der Waals surface area contributed by atoms with Gasteiger partial charge in [0.25, 0.3) is 5.91 Å². The fraction of sp³-hybridized carbons (Fsp3) is 0.429. The van der Waals surface area contributed by atoms with Crippen LogP contribution >= 0.6 is 11.6 Å². The third-order valence-electron chi connectivity index (χ3n) is 2.64. The first kappa shape index (κ1) is 21.0. The lowest BCUT2D eigenvalue weighted by Crippen LogP contribution is -2.76. The van der Waals surface area contributed by atoms with Crippen molar-refractivity contribution in [3.8, 4) is 11.5 Å². The summed E-state index contributed by atoms with van der Waals surface area (Å²) in [6.07, 6.45) is 1.72. The van der Waals surface area contributed by atoms with E-state index >= 15 is 0 Å².